The van der Waals surface area contributed by atoms with Crippen LogP contribution in [0.2, 0.25) is 0 Å². The third-order valence-electron chi connectivity index (χ3n) is 5.27. The lowest BCUT2D eigenvalue weighted by molar-refractivity contribution is -0.118. The van der Waals surface area contributed by atoms with Crippen LogP contribution in [0, 0.1) is 11.8 Å². The summed E-state index contributed by atoms with van der Waals surface area (Å²) in [6.07, 6.45) is 8.32. The second-order valence-corrected chi connectivity index (χ2v) is 8.50. The zero-order chi connectivity index (χ0) is 21.5. The van der Waals surface area contributed by atoms with Crippen molar-refractivity contribution >= 4 is 11.9 Å². The van der Waals surface area contributed by atoms with Crippen LogP contribution >= 0.6 is 0 Å². The third kappa shape index (κ3) is 10.9. The highest BCUT2D eigenvalue weighted by molar-refractivity contribution is 5.75. The average Bonchev–Trinajstić information content (AvgIpc) is 3.21. The summed E-state index contributed by atoms with van der Waals surface area (Å²) in [5.74, 6) is 1.41. The summed E-state index contributed by atoms with van der Waals surface area (Å²) >= 11 is 0. The van der Waals surface area contributed by atoms with Crippen molar-refractivity contribution in [3.05, 3.63) is 0 Å². The highest BCUT2D eigenvalue weighted by Crippen LogP contribution is 2.25. The van der Waals surface area contributed by atoms with Crippen LogP contribution in [0.5, 0.6) is 0 Å². The Morgan fingerprint density at radius 1 is 0.964 bits per heavy atom. The quantitative estimate of drug-likeness (QED) is 0.640. The van der Waals surface area contributed by atoms with E-state index < -0.39 is 0 Å². The van der Waals surface area contributed by atoms with Gasteiger partial charge >= 0.3 is 6.03 Å². The van der Waals surface area contributed by atoms with Gasteiger partial charge in [-0.2, -0.15) is 0 Å². The molecule has 166 valence electrons. The maximum absolute atomic E-state index is 12.4. The number of nitrogens with one attached hydrogen (secondary N) is 1. The number of nitrogens with zero attached hydrogens (tertiary/aromatic N) is 2. The number of carbonyl (C=O) groups is 2. The van der Waals surface area contributed by atoms with Gasteiger partial charge in [0.1, 0.15) is 0 Å². The number of likely N-dealkylation sites (tertiary alicyclic amines) is 2. The molecule has 3 amide bonds. The monoisotopic (exact) mass is 397 g/mol. The molecule has 2 fully saturated rings. The summed E-state index contributed by atoms with van der Waals surface area (Å²) in [5, 5.41) is 2.76. The SMILES string of the molecule is CC.CC(=O)NCCCC(C)C.CC(C)C1CCCCN1C(=O)N1CCCC1. The van der Waals surface area contributed by atoms with Gasteiger partial charge in [-0.3, -0.25) is 4.79 Å². The predicted octanol–water partition coefficient (Wildman–Crippen LogP) is 5.30. The minimum Gasteiger partial charge on any atom is -0.356 e. The zero-order valence-electron chi connectivity index (χ0n) is 19.7. The molecular weight excluding hydrogens is 350 g/mol. The average molecular weight is 398 g/mol. The molecule has 5 heteroatoms. The van der Waals surface area contributed by atoms with E-state index in [0.717, 1.165) is 38.5 Å². The van der Waals surface area contributed by atoms with E-state index in [0.29, 0.717) is 18.0 Å². The summed E-state index contributed by atoms with van der Waals surface area (Å²) in [6.45, 7) is 18.1. The molecule has 2 aliphatic heterocycles. The molecule has 0 aliphatic carbocycles. The number of piperidine rings is 1. The van der Waals surface area contributed by atoms with Crippen LogP contribution in [0.4, 0.5) is 4.79 Å². The molecule has 0 spiro atoms. The fourth-order valence-electron chi connectivity index (χ4n) is 3.75. The Morgan fingerprint density at radius 3 is 2.04 bits per heavy atom. The normalized spacial score (nSPS) is 19.0. The van der Waals surface area contributed by atoms with Crippen LogP contribution in [0.25, 0.3) is 0 Å². The molecule has 2 heterocycles. The Balaban J connectivity index is 0.000000528. The van der Waals surface area contributed by atoms with Crippen molar-refractivity contribution in [2.24, 2.45) is 11.8 Å². The van der Waals surface area contributed by atoms with E-state index in [-0.39, 0.29) is 5.91 Å². The van der Waals surface area contributed by atoms with Gasteiger partial charge in [-0.1, -0.05) is 41.5 Å². The zero-order valence-corrected chi connectivity index (χ0v) is 19.7. The van der Waals surface area contributed by atoms with Gasteiger partial charge in [0.2, 0.25) is 5.91 Å². The van der Waals surface area contributed by atoms with Crippen molar-refractivity contribution in [1.82, 2.24) is 15.1 Å². The maximum atomic E-state index is 12.4. The molecule has 0 aromatic heterocycles. The fraction of sp³-hybridized carbons (Fsp3) is 0.913. The van der Waals surface area contributed by atoms with E-state index in [2.05, 4.69) is 37.9 Å². The number of hydrogen-bond acceptors (Lipinski definition) is 2. The minimum absolute atomic E-state index is 0.0729. The number of carbonyl (C=O) groups excluding carboxylic acids is 2. The number of urea groups is 1. The summed E-state index contributed by atoms with van der Waals surface area (Å²) in [7, 11) is 0. The second kappa shape index (κ2) is 15.6. The van der Waals surface area contributed by atoms with Crippen LogP contribution in [0.15, 0.2) is 0 Å². The van der Waals surface area contributed by atoms with Crippen LogP contribution in [0.1, 0.15) is 93.4 Å². The lowest BCUT2D eigenvalue weighted by Gasteiger charge is -2.40. The Hall–Kier alpha value is -1.26. The van der Waals surface area contributed by atoms with Crippen LogP contribution in [0.3, 0.4) is 0 Å². The van der Waals surface area contributed by atoms with Crippen molar-refractivity contribution < 1.29 is 9.59 Å². The van der Waals surface area contributed by atoms with Crippen molar-refractivity contribution in [3.63, 3.8) is 0 Å². The van der Waals surface area contributed by atoms with Crippen LogP contribution in [-0.4, -0.2) is 54.0 Å². The van der Waals surface area contributed by atoms with Crippen LogP contribution < -0.4 is 5.32 Å². The van der Waals surface area contributed by atoms with E-state index in [4.69, 9.17) is 0 Å². The largest absolute Gasteiger partial charge is 0.356 e. The van der Waals surface area contributed by atoms with Crippen molar-refractivity contribution in [1.29, 1.82) is 0 Å². The van der Waals surface area contributed by atoms with Crippen LogP contribution in [-0.2, 0) is 4.79 Å². The Bertz CT molecular complexity index is 418. The molecule has 5 nitrogen and oxygen atoms in total. The lowest BCUT2D eigenvalue weighted by Crippen LogP contribution is -2.51. The first-order chi connectivity index (χ1) is 13.3. The molecular formula is C23H47N3O2. The molecule has 0 aromatic rings. The summed E-state index contributed by atoms with van der Waals surface area (Å²) in [4.78, 5) is 26.9. The smallest absolute Gasteiger partial charge is 0.320 e. The Labute approximate surface area is 174 Å². The molecule has 0 radical (unpaired) electrons. The van der Waals surface area contributed by atoms with Crippen molar-refractivity contribution in [2.45, 2.75) is 99.5 Å². The second-order valence-electron chi connectivity index (χ2n) is 8.50. The highest BCUT2D eigenvalue weighted by atomic mass is 16.2. The van der Waals surface area contributed by atoms with Crippen molar-refractivity contribution in [3.8, 4) is 0 Å². The first kappa shape index (κ1) is 26.7. The van der Waals surface area contributed by atoms with Crippen molar-refractivity contribution in [2.75, 3.05) is 26.2 Å². The first-order valence-corrected chi connectivity index (χ1v) is 11.6. The molecule has 0 bridgehead atoms. The van der Waals surface area contributed by atoms with Gasteiger partial charge in [0.05, 0.1) is 0 Å². The molecule has 1 unspecified atom stereocenters. The molecule has 2 rings (SSSR count). The predicted molar refractivity (Wildman–Crippen MR) is 119 cm³/mol. The number of amides is 3. The number of rotatable bonds is 5. The van der Waals surface area contributed by atoms with Gasteiger partial charge in [0, 0.05) is 39.1 Å². The summed E-state index contributed by atoms with van der Waals surface area (Å²) < 4.78 is 0. The molecule has 1 atom stereocenters. The van der Waals surface area contributed by atoms with Gasteiger partial charge in [-0.25, -0.2) is 4.79 Å². The fourth-order valence-corrected chi connectivity index (χ4v) is 3.75. The topological polar surface area (TPSA) is 52.7 Å². The minimum atomic E-state index is 0.0729. The van der Waals surface area contributed by atoms with E-state index in [1.165, 1.54) is 38.5 Å². The summed E-state index contributed by atoms with van der Waals surface area (Å²) in [6, 6.07) is 0.776. The molecule has 28 heavy (non-hydrogen) atoms. The standard InChI is InChI=1S/C13H24N2O.C8H17NO.C2H6/c1-11(2)12-7-3-4-10-15(12)13(16)14-8-5-6-9-14;1-7(2)5-4-6-9-8(3)10;1-2/h11-12H,3-10H2,1-2H3;7H,4-6H2,1-3H3,(H,9,10);1-2H3. The van der Waals surface area contributed by atoms with E-state index >= 15 is 0 Å². The Morgan fingerprint density at radius 2 is 1.54 bits per heavy atom. The molecule has 2 saturated heterocycles. The van der Waals surface area contributed by atoms with Gasteiger partial charge < -0.3 is 15.1 Å². The lowest BCUT2D eigenvalue weighted by atomic mass is 9.93. The first-order valence-electron chi connectivity index (χ1n) is 11.6. The molecule has 1 N–H and O–H groups in total. The number of hydrogen-bond donors (Lipinski definition) is 1. The third-order valence-corrected chi connectivity index (χ3v) is 5.27. The Kier molecular flexibility index (Phi) is 14.9. The van der Waals surface area contributed by atoms with Gasteiger partial charge in [-0.15, -0.1) is 0 Å². The summed E-state index contributed by atoms with van der Waals surface area (Å²) in [5.41, 5.74) is 0. The van der Waals surface area contributed by atoms with Gasteiger partial charge in [-0.05, 0) is 56.8 Å². The highest BCUT2D eigenvalue weighted by Gasteiger charge is 2.32. The van der Waals surface area contributed by atoms with E-state index in [1.807, 2.05) is 18.7 Å². The van der Waals surface area contributed by atoms with Gasteiger partial charge in [0.15, 0.2) is 0 Å². The van der Waals surface area contributed by atoms with E-state index in [1.54, 1.807) is 6.92 Å². The molecule has 0 aromatic carbocycles. The van der Waals surface area contributed by atoms with E-state index in [9.17, 15) is 9.59 Å². The molecule has 0 saturated carbocycles. The maximum Gasteiger partial charge on any atom is 0.320 e. The van der Waals surface area contributed by atoms with Gasteiger partial charge in [0.25, 0.3) is 0 Å². The molecule has 2 aliphatic rings.